The average molecular weight is 294 g/mol. The SMILES string of the molecule is CC1CC2CC(C)(O)CC(NCC(=O)N3CCCC3)(C1)C2. The molecule has 1 aliphatic heterocycles. The van der Waals surface area contributed by atoms with E-state index in [4.69, 9.17) is 0 Å². The summed E-state index contributed by atoms with van der Waals surface area (Å²) in [6.45, 7) is 6.56. The Hall–Kier alpha value is -0.610. The molecule has 4 unspecified atom stereocenters. The fourth-order valence-electron chi connectivity index (χ4n) is 5.31. The second-order valence-electron chi connectivity index (χ2n) is 8.21. The van der Waals surface area contributed by atoms with Crippen molar-refractivity contribution in [2.75, 3.05) is 19.6 Å². The first-order valence-electron chi connectivity index (χ1n) is 8.63. The zero-order valence-corrected chi connectivity index (χ0v) is 13.5. The molecule has 3 rings (SSSR count). The number of amides is 1. The van der Waals surface area contributed by atoms with Crippen LogP contribution in [-0.4, -0.2) is 46.7 Å². The molecule has 1 amide bonds. The summed E-state index contributed by atoms with van der Waals surface area (Å²) in [6.07, 6.45) is 7.43. The minimum absolute atomic E-state index is 0.0283. The third kappa shape index (κ3) is 3.42. The second-order valence-corrected chi connectivity index (χ2v) is 8.21. The van der Waals surface area contributed by atoms with Gasteiger partial charge in [0, 0.05) is 18.6 Å². The molecule has 2 N–H and O–H groups in total. The predicted molar refractivity (Wildman–Crippen MR) is 82.9 cm³/mol. The van der Waals surface area contributed by atoms with Gasteiger partial charge < -0.3 is 15.3 Å². The molecule has 0 aromatic rings. The van der Waals surface area contributed by atoms with Crippen molar-refractivity contribution in [2.24, 2.45) is 11.8 Å². The summed E-state index contributed by atoms with van der Waals surface area (Å²) < 4.78 is 0. The summed E-state index contributed by atoms with van der Waals surface area (Å²) >= 11 is 0. The van der Waals surface area contributed by atoms with Crippen LogP contribution in [0.25, 0.3) is 0 Å². The van der Waals surface area contributed by atoms with Crippen LogP contribution < -0.4 is 5.32 Å². The van der Waals surface area contributed by atoms with E-state index in [-0.39, 0.29) is 11.4 Å². The number of rotatable bonds is 3. The van der Waals surface area contributed by atoms with Crippen LogP contribution in [0.1, 0.15) is 58.8 Å². The van der Waals surface area contributed by atoms with Crippen LogP contribution in [0.15, 0.2) is 0 Å². The van der Waals surface area contributed by atoms with Crippen LogP contribution in [-0.2, 0) is 4.79 Å². The van der Waals surface area contributed by atoms with Gasteiger partial charge >= 0.3 is 0 Å². The van der Waals surface area contributed by atoms with Gasteiger partial charge in [-0.25, -0.2) is 0 Å². The van der Waals surface area contributed by atoms with Gasteiger partial charge in [-0.15, -0.1) is 0 Å². The van der Waals surface area contributed by atoms with E-state index in [1.54, 1.807) is 0 Å². The molecular weight excluding hydrogens is 264 g/mol. The van der Waals surface area contributed by atoms with Gasteiger partial charge in [0.25, 0.3) is 0 Å². The molecule has 4 nitrogen and oxygen atoms in total. The fraction of sp³-hybridized carbons (Fsp3) is 0.941. The lowest BCUT2D eigenvalue weighted by molar-refractivity contribution is -0.130. The summed E-state index contributed by atoms with van der Waals surface area (Å²) in [4.78, 5) is 14.3. The molecule has 120 valence electrons. The monoisotopic (exact) mass is 294 g/mol. The molecule has 2 saturated carbocycles. The molecule has 4 heteroatoms. The lowest BCUT2D eigenvalue weighted by Crippen LogP contribution is -2.60. The maximum atomic E-state index is 12.3. The third-order valence-electron chi connectivity index (χ3n) is 5.68. The highest BCUT2D eigenvalue weighted by atomic mass is 16.3. The molecule has 0 aromatic heterocycles. The number of nitrogens with zero attached hydrogens (tertiary/aromatic N) is 1. The molecule has 3 fully saturated rings. The van der Waals surface area contributed by atoms with Gasteiger partial charge in [0.05, 0.1) is 12.1 Å². The molecule has 1 saturated heterocycles. The van der Waals surface area contributed by atoms with E-state index in [0.717, 1.165) is 51.6 Å². The van der Waals surface area contributed by atoms with Gasteiger partial charge in [0.1, 0.15) is 0 Å². The maximum Gasteiger partial charge on any atom is 0.236 e. The van der Waals surface area contributed by atoms with Gasteiger partial charge in [-0.2, -0.15) is 0 Å². The molecular formula is C17H30N2O2. The first kappa shape index (κ1) is 15.3. The van der Waals surface area contributed by atoms with E-state index in [2.05, 4.69) is 12.2 Å². The highest BCUT2D eigenvalue weighted by Gasteiger charge is 2.49. The van der Waals surface area contributed by atoms with Crippen LogP contribution in [0.5, 0.6) is 0 Å². The number of carbonyl (C=O) groups excluding carboxylic acids is 1. The zero-order chi connectivity index (χ0) is 15.1. The summed E-state index contributed by atoms with van der Waals surface area (Å²) in [6, 6.07) is 0. The van der Waals surface area contributed by atoms with Gasteiger partial charge in [0.15, 0.2) is 0 Å². The largest absolute Gasteiger partial charge is 0.390 e. The molecule has 2 aliphatic carbocycles. The van der Waals surface area contributed by atoms with Crippen LogP contribution in [0.4, 0.5) is 0 Å². The summed E-state index contributed by atoms with van der Waals surface area (Å²) in [5, 5.41) is 14.2. The van der Waals surface area contributed by atoms with Gasteiger partial charge in [-0.05, 0) is 63.7 Å². The standard InChI is InChI=1S/C17H30N2O2/c1-13-7-14-9-16(2,21)12-17(8-13,10-14)18-11-15(20)19-5-3-4-6-19/h13-14,18,21H,3-12H2,1-2H3. The number of carbonyl (C=O) groups is 1. The number of aliphatic hydroxyl groups is 1. The lowest BCUT2D eigenvalue weighted by Gasteiger charge is -2.53. The first-order chi connectivity index (χ1) is 9.88. The van der Waals surface area contributed by atoms with Crippen molar-refractivity contribution in [1.82, 2.24) is 10.2 Å². The smallest absolute Gasteiger partial charge is 0.236 e. The molecule has 0 radical (unpaired) electrons. The average Bonchev–Trinajstić information content (AvgIpc) is 2.86. The first-order valence-corrected chi connectivity index (χ1v) is 8.63. The zero-order valence-electron chi connectivity index (χ0n) is 13.5. The van der Waals surface area contributed by atoms with E-state index >= 15 is 0 Å². The number of fused-ring (bicyclic) bond motifs is 2. The summed E-state index contributed by atoms with van der Waals surface area (Å²) in [5.74, 6) is 1.53. The Balaban J connectivity index is 1.64. The minimum atomic E-state index is -0.577. The topological polar surface area (TPSA) is 52.6 Å². The van der Waals surface area contributed by atoms with Crippen LogP contribution >= 0.6 is 0 Å². The van der Waals surface area contributed by atoms with Gasteiger partial charge in [-0.3, -0.25) is 4.79 Å². The Kier molecular flexibility index (Phi) is 4.04. The van der Waals surface area contributed by atoms with Crippen molar-refractivity contribution in [3.63, 3.8) is 0 Å². The number of likely N-dealkylation sites (tertiary alicyclic amines) is 1. The Bertz CT molecular complexity index is 400. The minimum Gasteiger partial charge on any atom is -0.390 e. The van der Waals surface area contributed by atoms with E-state index < -0.39 is 5.60 Å². The second kappa shape index (κ2) is 5.54. The van der Waals surface area contributed by atoms with Crippen molar-refractivity contribution < 1.29 is 9.90 Å². The van der Waals surface area contributed by atoms with Gasteiger partial charge in [0.2, 0.25) is 5.91 Å². The van der Waals surface area contributed by atoms with E-state index in [0.29, 0.717) is 18.4 Å². The summed E-state index contributed by atoms with van der Waals surface area (Å²) in [5.41, 5.74) is -0.605. The van der Waals surface area contributed by atoms with Crippen LogP contribution in [0.3, 0.4) is 0 Å². The quantitative estimate of drug-likeness (QED) is 0.836. The number of hydrogen-bond acceptors (Lipinski definition) is 3. The number of nitrogens with one attached hydrogen (secondary N) is 1. The van der Waals surface area contributed by atoms with Crippen molar-refractivity contribution in [1.29, 1.82) is 0 Å². The van der Waals surface area contributed by atoms with Crippen LogP contribution in [0, 0.1) is 11.8 Å². The molecule has 3 aliphatic rings. The van der Waals surface area contributed by atoms with Crippen LogP contribution in [0.2, 0.25) is 0 Å². The molecule has 1 heterocycles. The molecule has 0 aromatic carbocycles. The highest BCUT2D eigenvalue weighted by Crippen LogP contribution is 2.48. The van der Waals surface area contributed by atoms with Crippen molar-refractivity contribution >= 4 is 5.91 Å². The van der Waals surface area contributed by atoms with Crippen molar-refractivity contribution in [3.8, 4) is 0 Å². The van der Waals surface area contributed by atoms with E-state index in [1.807, 2.05) is 11.8 Å². The third-order valence-corrected chi connectivity index (χ3v) is 5.68. The number of hydrogen-bond donors (Lipinski definition) is 2. The summed E-state index contributed by atoms with van der Waals surface area (Å²) in [7, 11) is 0. The van der Waals surface area contributed by atoms with E-state index in [1.165, 1.54) is 6.42 Å². The normalized spacial score (nSPS) is 43.1. The highest BCUT2D eigenvalue weighted by molar-refractivity contribution is 5.78. The Morgan fingerprint density at radius 2 is 2.00 bits per heavy atom. The Morgan fingerprint density at radius 3 is 2.71 bits per heavy atom. The Labute approximate surface area is 128 Å². The van der Waals surface area contributed by atoms with Crippen molar-refractivity contribution in [3.05, 3.63) is 0 Å². The molecule has 2 bridgehead atoms. The molecule has 0 spiro atoms. The molecule has 21 heavy (non-hydrogen) atoms. The van der Waals surface area contributed by atoms with Gasteiger partial charge in [-0.1, -0.05) is 6.92 Å². The predicted octanol–water partition coefficient (Wildman–Crippen LogP) is 1.92. The Morgan fingerprint density at radius 1 is 1.29 bits per heavy atom. The lowest BCUT2D eigenvalue weighted by atomic mass is 9.59. The maximum absolute atomic E-state index is 12.3. The van der Waals surface area contributed by atoms with Crippen molar-refractivity contribution in [2.45, 2.75) is 69.9 Å². The molecule has 4 atom stereocenters. The van der Waals surface area contributed by atoms with E-state index in [9.17, 15) is 9.90 Å². The fourth-order valence-corrected chi connectivity index (χ4v) is 5.31.